The monoisotopic (exact) mass is 226 g/mol. The Balaban J connectivity index is 2.51. The van der Waals surface area contributed by atoms with E-state index in [0.29, 0.717) is 11.5 Å². The summed E-state index contributed by atoms with van der Waals surface area (Å²) in [6.45, 7) is 3.86. The molecule has 0 aliphatic carbocycles. The zero-order valence-electron chi connectivity index (χ0n) is 8.86. The maximum Gasteiger partial charge on any atom is 0.306 e. The summed E-state index contributed by atoms with van der Waals surface area (Å²) in [5.41, 5.74) is 0. The van der Waals surface area contributed by atoms with Crippen molar-refractivity contribution >= 4 is 23.1 Å². The first kappa shape index (κ1) is 11.9. The van der Waals surface area contributed by atoms with Gasteiger partial charge in [0.2, 0.25) is 0 Å². The topological polar surface area (TPSA) is 43.4 Å². The first-order chi connectivity index (χ1) is 7.15. The van der Waals surface area contributed by atoms with Gasteiger partial charge >= 0.3 is 5.97 Å². The molecule has 1 rings (SSSR count). The van der Waals surface area contributed by atoms with Gasteiger partial charge in [-0.2, -0.15) is 0 Å². The number of ether oxygens (including phenoxy) is 1. The second-order valence-corrected chi connectivity index (χ2v) is 4.20. The Morgan fingerprint density at radius 3 is 2.80 bits per heavy atom. The average Bonchev–Trinajstić information content (AvgIpc) is 2.69. The van der Waals surface area contributed by atoms with Crippen molar-refractivity contribution < 1.29 is 14.3 Å². The van der Waals surface area contributed by atoms with Crippen LogP contribution in [0.15, 0.2) is 17.5 Å². The van der Waals surface area contributed by atoms with Gasteiger partial charge in [-0.25, -0.2) is 0 Å². The van der Waals surface area contributed by atoms with Crippen LogP contribution in [0.3, 0.4) is 0 Å². The number of carbonyl (C=O) groups is 2. The van der Waals surface area contributed by atoms with E-state index in [-0.39, 0.29) is 24.1 Å². The molecule has 0 radical (unpaired) electrons. The van der Waals surface area contributed by atoms with Gasteiger partial charge in [0.15, 0.2) is 5.78 Å². The molecule has 0 spiro atoms. The average molecular weight is 226 g/mol. The van der Waals surface area contributed by atoms with Gasteiger partial charge in [-0.05, 0) is 18.4 Å². The lowest BCUT2D eigenvalue weighted by molar-refractivity contribution is -0.143. The lowest BCUT2D eigenvalue weighted by Crippen LogP contribution is -2.16. The molecule has 0 aliphatic rings. The summed E-state index contributed by atoms with van der Waals surface area (Å²) in [5, 5.41) is 1.85. The molecule has 0 aromatic carbocycles. The van der Waals surface area contributed by atoms with E-state index in [1.54, 1.807) is 19.9 Å². The highest BCUT2D eigenvalue weighted by Gasteiger charge is 2.19. The molecule has 1 heterocycles. The number of thiophene rings is 1. The minimum atomic E-state index is -0.310. The van der Waals surface area contributed by atoms with Crippen LogP contribution in [0.2, 0.25) is 0 Å². The Labute approximate surface area is 93.1 Å². The number of esters is 1. The van der Waals surface area contributed by atoms with E-state index in [2.05, 4.69) is 0 Å². The number of carbonyl (C=O) groups excluding carboxylic acids is 2. The van der Waals surface area contributed by atoms with E-state index in [0.717, 1.165) is 0 Å². The number of Topliss-reactive ketones (excluding diaryl/α,β-unsaturated/α-hetero) is 1. The normalized spacial score (nSPS) is 12.1. The van der Waals surface area contributed by atoms with E-state index in [1.165, 1.54) is 11.3 Å². The Morgan fingerprint density at radius 2 is 2.27 bits per heavy atom. The summed E-state index contributed by atoms with van der Waals surface area (Å²) in [5.74, 6) is -0.601. The third kappa shape index (κ3) is 3.47. The lowest BCUT2D eigenvalue weighted by Gasteiger charge is -2.07. The Bertz CT molecular complexity index is 330. The van der Waals surface area contributed by atoms with Crippen LogP contribution in [0, 0.1) is 5.92 Å². The highest BCUT2D eigenvalue weighted by Crippen LogP contribution is 2.17. The smallest absolute Gasteiger partial charge is 0.306 e. The summed E-state index contributed by atoms with van der Waals surface area (Å²) in [4.78, 5) is 23.6. The van der Waals surface area contributed by atoms with Gasteiger partial charge in [0.1, 0.15) is 0 Å². The molecule has 1 unspecified atom stereocenters. The summed E-state index contributed by atoms with van der Waals surface area (Å²) in [6, 6.07) is 3.60. The van der Waals surface area contributed by atoms with Gasteiger partial charge in [-0.1, -0.05) is 13.0 Å². The van der Waals surface area contributed by atoms with Crippen molar-refractivity contribution in [1.82, 2.24) is 0 Å². The van der Waals surface area contributed by atoms with Crippen LogP contribution in [0.25, 0.3) is 0 Å². The van der Waals surface area contributed by atoms with Crippen molar-refractivity contribution in [3.63, 3.8) is 0 Å². The summed E-state index contributed by atoms with van der Waals surface area (Å²) >= 11 is 1.40. The van der Waals surface area contributed by atoms with Gasteiger partial charge in [-0.15, -0.1) is 11.3 Å². The van der Waals surface area contributed by atoms with E-state index < -0.39 is 0 Å². The summed E-state index contributed by atoms with van der Waals surface area (Å²) < 4.78 is 4.79. The van der Waals surface area contributed by atoms with Gasteiger partial charge in [-0.3, -0.25) is 9.59 Å². The number of hydrogen-bond donors (Lipinski definition) is 0. The molecule has 15 heavy (non-hydrogen) atoms. The second kappa shape index (κ2) is 5.66. The highest BCUT2D eigenvalue weighted by molar-refractivity contribution is 7.12. The van der Waals surface area contributed by atoms with Crippen molar-refractivity contribution in [2.45, 2.75) is 20.3 Å². The number of hydrogen-bond acceptors (Lipinski definition) is 4. The second-order valence-electron chi connectivity index (χ2n) is 3.25. The minimum Gasteiger partial charge on any atom is -0.466 e. The van der Waals surface area contributed by atoms with Crippen molar-refractivity contribution in [2.24, 2.45) is 5.92 Å². The van der Waals surface area contributed by atoms with Gasteiger partial charge in [0.25, 0.3) is 0 Å². The van der Waals surface area contributed by atoms with Crippen molar-refractivity contribution in [3.8, 4) is 0 Å². The highest BCUT2D eigenvalue weighted by atomic mass is 32.1. The summed E-state index contributed by atoms with van der Waals surface area (Å²) in [6.07, 6.45) is 0.157. The standard InChI is InChI=1S/C11H14O3S/c1-3-14-10(12)7-8(2)11(13)9-5-4-6-15-9/h4-6,8H,3,7H2,1-2H3. The van der Waals surface area contributed by atoms with E-state index in [4.69, 9.17) is 4.74 Å². The molecule has 0 bridgehead atoms. The van der Waals surface area contributed by atoms with Gasteiger partial charge in [0.05, 0.1) is 17.9 Å². The van der Waals surface area contributed by atoms with E-state index >= 15 is 0 Å². The molecule has 4 heteroatoms. The third-order valence-electron chi connectivity index (χ3n) is 1.99. The predicted molar refractivity (Wildman–Crippen MR) is 59.1 cm³/mol. The van der Waals surface area contributed by atoms with Crippen molar-refractivity contribution in [1.29, 1.82) is 0 Å². The molecule has 0 N–H and O–H groups in total. The van der Waals surface area contributed by atoms with Crippen LogP contribution in [0.1, 0.15) is 29.9 Å². The fourth-order valence-electron chi connectivity index (χ4n) is 1.22. The Hall–Kier alpha value is -1.16. The first-order valence-electron chi connectivity index (χ1n) is 4.88. The number of ketones is 1. The Morgan fingerprint density at radius 1 is 1.53 bits per heavy atom. The maximum atomic E-state index is 11.7. The molecule has 0 saturated heterocycles. The first-order valence-corrected chi connectivity index (χ1v) is 5.76. The van der Waals surface area contributed by atoms with Gasteiger partial charge in [0, 0.05) is 5.92 Å². The van der Waals surface area contributed by atoms with E-state index in [1.807, 2.05) is 11.4 Å². The summed E-state index contributed by atoms with van der Waals surface area (Å²) in [7, 11) is 0. The van der Waals surface area contributed by atoms with Crippen LogP contribution in [-0.2, 0) is 9.53 Å². The van der Waals surface area contributed by atoms with Crippen molar-refractivity contribution in [2.75, 3.05) is 6.61 Å². The molecule has 82 valence electrons. The molecular weight excluding hydrogens is 212 g/mol. The zero-order valence-corrected chi connectivity index (χ0v) is 9.67. The zero-order chi connectivity index (χ0) is 11.3. The minimum absolute atomic E-state index is 0.0121. The Kier molecular flexibility index (Phi) is 4.49. The molecule has 0 amide bonds. The third-order valence-corrected chi connectivity index (χ3v) is 2.87. The molecule has 3 nitrogen and oxygen atoms in total. The predicted octanol–water partition coefficient (Wildman–Crippen LogP) is 2.52. The lowest BCUT2D eigenvalue weighted by atomic mass is 10.0. The van der Waals surface area contributed by atoms with Crippen LogP contribution in [0.5, 0.6) is 0 Å². The molecule has 1 atom stereocenters. The molecule has 0 aliphatic heterocycles. The van der Waals surface area contributed by atoms with Gasteiger partial charge < -0.3 is 4.74 Å². The quantitative estimate of drug-likeness (QED) is 0.572. The van der Waals surface area contributed by atoms with Crippen LogP contribution < -0.4 is 0 Å². The van der Waals surface area contributed by atoms with Crippen LogP contribution in [-0.4, -0.2) is 18.4 Å². The fraction of sp³-hybridized carbons (Fsp3) is 0.455. The van der Waals surface area contributed by atoms with Crippen LogP contribution >= 0.6 is 11.3 Å². The number of rotatable bonds is 5. The SMILES string of the molecule is CCOC(=O)CC(C)C(=O)c1cccs1. The molecule has 0 saturated carbocycles. The fourth-order valence-corrected chi connectivity index (χ4v) is 2.00. The van der Waals surface area contributed by atoms with E-state index in [9.17, 15) is 9.59 Å². The molecule has 0 fully saturated rings. The van der Waals surface area contributed by atoms with Crippen LogP contribution in [0.4, 0.5) is 0 Å². The molecular formula is C11H14O3S. The molecule has 1 aromatic rings. The largest absolute Gasteiger partial charge is 0.466 e. The van der Waals surface area contributed by atoms with Crippen molar-refractivity contribution in [3.05, 3.63) is 22.4 Å². The molecule has 1 aromatic heterocycles. The maximum absolute atomic E-state index is 11.7.